The molecule has 0 aliphatic carbocycles. The van der Waals surface area contributed by atoms with Crippen molar-refractivity contribution < 1.29 is 27.4 Å². The van der Waals surface area contributed by atoms with Gasteiger partial charge in [-0.15, -0.1) is 5.10 Å². The molecule has 142 valence electrons. The van der Waals surface area contributed by atoms with Crippen LogP contribution in [-0.2, 0) is 0 Å². The molecule has 0 spiro atoms. The van der Waals surface area contributed by atoms with Gasteiger partial charge in [0.25, 0.3) is 0 Å². The quantitative estimate of drug-likeness (QED) is 0.651. The number of aromatic nitrogens is 3. The van der Waals surface area contributed by atoms with E-state index in [2.05, 4.69) is 10.1 Å². The molecule has 0 unspecified atom stereocenters. The van der Waals surface area contributed by atoms with Gasteiger partial charge >= 0.3 is 12.2 Å². The minimum atomic E-state index is -4.48. The molecule has 3 aromatic rings. The average molecular weight is 378 g/mol. The maximum absolute atomic E-state index is 12.4. The lowest BCUT2D eigenvalue weighted by atomic mass is 10.2. The Balaban J connectivity index is 2.00. The Bertz CT molecular complexity index is 826. The Morgan fingerprint density at radius 2 is 1.44 bits per heavy atom. The number of ether oxygens (including phenoxy) is 3. The molecule has 0 radical (unpaired) electrons. The summed E-state index contributed by atoms with van der Waals surface area (Å²) in [6.07, 6.45) is -4.48. The Morgan fingerprint density at radius 1 is 0.889 bits per heavy atom. The number of hydrogen-bond donors (Lipinski definition) is 0. The van der Waals surface area contributed by atoms with Gasteiger partial charge in [0.2, 0.25) is 0 Å². The SMILES string of the molecule is COc1ccc(-n2nc(OCC(F)(F)F)nc2-c2ccc(O[11CH3])cc2)cc1. The highest BCUT2D eigenvalue weighted by Gasteiger charge is 2.29. The van der Waals surface area contributed by atoms with Crippen LogP contribution in [0.25, 0.3) is 17.1 Å². The van der Waals surface area contributed by atoms with E-state index < -0.39 is 12.8 Å². The summed E-state index contributed by atoms with van der Waals surface area (Å²) in [7, 11) is 3.08. The van der Waals surface area contributed by atoms with E-state index in [1.165, 1.54) is 18.9 Å². The molecule has 2 aromatic carbocycles. The topological polar surface area (TPSA) is 58.4 Å². The predicted molar refractivity (Wildman–Crippen MR) is 91.4 cm³/mol. The largest absolute Gasteiger partial charge is 0.497 e. The van der Waals surface area contributed by atoms with Crippen molar-refractivity contribution in [2.24, 2.45) is 0 Å². The molecule has 0 saturated carbocycles. The third kappa shape index (κ3) is 4.49. The van der Waals surface area contributed by atoms with Gasteiger partial charge in [-0.1, -0.05) is 0 Å². The number of hydrogen-bond acceptors (Lipinski definition) is 5. The van der Waals surface area contributed by atoms with E-state index in [-0.39, 0.29) is 6.01 Å². The first kappa shape index (κ1) is 18.6. The Hall–Kier alpha value is -3.23. The number of rotatable bonds is 6. The fourth-order valence-electron chi connectivity index (χ4n) is 2.33. The molecule has 0 aliphatic heterocycles. The molecule has 1 heterocycles. The predicted octanol–water partition coefficient (Wildman–Crippen LogP) is 3.89. The van der Waals surface area contributed by atoms with Crippen molar-refractivity contribution in [3.05, 3.63) is 48.5 Å². The van der Waals surface area contributed by atoms with Crippen LogP contribution in [0.4, 0.5) is 13.2 Å². The Labute approximate surface area is 153 Å². The third-order valence-corrected chi connectivity index (χ3v) is 3.62. The zero-order valence-corrected chi connectivity index (χ0v) is 14.5. The summed E-state index contributed by atoms with van der Waals surface area (Å²) < 4.78 is 53.7. The molecule has 0 amide bonds. The van der Waals surface area contributed by atoms with Crippen LogP contribution in [0.2, 0.25) is 0 Å². The lowest BCUT2D eigenvalue weighted by Gasteiger charge is -2.07. The number of halogens is 3. The van der Waals surface area contributed by atoms with Crippen molar-refractivity contribution in [2.45, 2.75) is 6.18 Å². The lowest BCUT2D eigenvalue weighted by Crippen LogP contribution is -2.19. The second-order valence-corrected chi connectivity index (χ2v) is 5.46. The first-order valence-corrected chi connectivity index (χ1v) is 7.85. The number of methoxy groups -OCH3 is 2. The highest BCUT2D eigenvalue weighted by atomic mass is 19.4. The van der Waals surface area contributed by atoms with Gasteiger partial charge in [0.15, 0.2) is 12.4 Å². The molecule has 3 rings (SSSR count). The van der Waals surface area contributed by atoms with Gasteiger partial charge in [-0.25, -0.2) is 4.68 Å². The van der Waals surface area contributed by atoms with E-state index in [1.807, 2.05) is 0 Å². The maximum atomic E-state index is 12.4. The molecule has 6 nitrogen and oxygen atoms in total. The van der Waals surface area contributed by atoms with Gasteiger partial charge in [-0.3, -0.25) is 0 Å². The highest BCUT2D eigenvalue weighted by Crippen LogP contribution is 2.27. The van der Waals surface area contributed by atoms with Crippen LogP contribution in [0.3, 0.4) is 0 Å². The van der Waals surface area contributed by atoms with Crippen LogP contribution < -0.4 is 14.2 Å². The van der Waals surface area contributed by atoms with Crippen LogP contribution in [0, 0.1) is 0 Å². The zero-order valence-electron chi connectivity index (χ0n) is 14.5. The summed E-state index contributed by atoms with van der Waals surface area (Å²) in [6, 6.07) is 13.4. The molecule has 1 aromatic heterocycles. The molecule has 0 atom stereocenters. The van der Waals surface area contributed by atoms with E-state index >= 15 is 0 Å². The van der Waals surface area contributed by atoms with Crippen molar-refractivity contribution in [1.82, 2.24) is 14.8 Å². The normalized spacial score (nSPS) is 11.3. The summed E-state index contributed by atoms with van der Waals surface area (Å²) in [5.41, 5.74) is 1.23. The van der Waals surface area contributed by atoms with Gasteiger partial charge in [0, 0.05) is 5.56 Å². The third-order valence-electron chi connectivity index (χ3n) is 3.62. The Morgan fingerprint density at radius 3 is 1.96 bits per heavy atom. The first-order chi connectivity index (χ1) is 12.9. The first-order valence-electron chi connectivity index (χ1n) is 7.85. The molecule has 0 bridgehead atoms. The summed E-state index contributed by atoms with van der Waals surface area (Å²) in [6.45, 7) is -1.47. The van der Waals surface area contributed by atoms with E-state index in [4.69, 9.17) is 14.2 Å². The molecule has 0 aliphatic rings. The van der Waals surface area contributed by atoms with E-state index in [9.17, 15) is 13.2 Å². The lowest BCUT2D eigenvalue weighted by molar-refractivity contribution is -0.154. The summed E-state index contributed by atoms with van der Waals surface area (Å²) in [5, 5.41) is 4.07. The van der Waals surface area contributed by atoms with Crippen molar-refractivity contribution in [3.63, 3.8) is 0 Å². The zero-order chi connectivity index (χ0) is 19.4. The van der Waals surface area contributed by atoms with Crippen LogP contribution in [0.1, 0.15) is 0 Å². The van der Waals surface area contributed by atoms with E-state index in [0.29, 0.717) is 28.6 Å². The van der Waals surface area contributed by atoms with Gasteiger partial charge in [-0.2, -0.15) is 18.2 Å². The van der Waals surface area contributed by atoms with Crippen molar-refractivity contribution >= 4 is 0 Å². The second kappa shape index (κ2) is 7.56. The van der Waals surface area contributed by atoms with Gasteiger partial charge in [0.1, 0.15) is 11.5 Å². The van der Waals surface area contributed by atoms with Gasteiger partial charge < -0.3 is 14.2 Å². The molecule has 0 fully saturated rings. The number of nitrogens with zero attached hydrogens (tertiary/aromatic N) is 3. The van der Waals surface area contributed by atoms with Crippen LogP contribution in [0.5, 0.6) is 17.5 Å². The molecular formula is C18H16F3N3O3. The van der Waals surface area contributed by atoms with E-state index in [1.54, 1.807) is 48.5 Å². The molecule has 0 N–H and O–H groups in total. The minimum Gasteiger partial charge on any atom is -0.497 e. The molecule has 9 heteroatoms. The van der Waals surface area contributed by atoms with Crippen molar-refractivity contribution in [3.8, 4) is 34.6 Å². The van der Waals surface area contributed by atoms with Crippen LogP contribution >= 0.6 is 0 Å². The maximum Gasteiger partial charge on any atom is 0.422 e. The van der Waals surface area contributed by atoms with E-state index in [0.717, 1.165) is 0 Å². The fraction of sp³-hybridized carbons (Fsp3) is 0.222. The smallest absolute Gasteiger partial charge is 0.422 e. The van der Waals surface area contributed by atoms with Gasteiger partial charge in [0.05, 0.1) is 19.9 Å². The Kier molecular flexibility index (Phi) is 5.20. The minimum absolute atomic E-state index is 0.333. The number of alkyl halides is 3. The monoisotopic (exact) mass is 378 g/mol. The second-order valence-electron chi connectivity index (χ2n) is 5.46. The molecule has 0 saturated heterocycles. The number of benzene rings is 2. The van der Waals surface area contributed by atoms with Crippen molar-refractivity contribution in [1.29, 1.82) is 0 Å². The summed E-state index contributed by atoms with van der Waals surface area (Å²) >= 11 is 0. The molecular weight excluding hydrogens is 362 g/mol. The van der Waals surface area contributed by atoms with Crippen LogP contribution in [0.15, 0.2) is 48.5 Å². The van der Waals surface area contributed by atoms with Crippen molar-refractivity contribution in [2.75, 3.05) is 20.8 Å². The average Bonchev–Trinajstić information content (AvgIpc) is 3.10. The standard InChI is InChI=1S/C18H16F3N3O3/c1-25-14-7-3-12(4-8-14)16-22-17(27-11-18(19,20)21)23-24(16)13-5-9-15(26-2)10-6-13/h3-10H,11H2,1-2H3/i1-1. The summed E-state index contributed by atoms with van der Waals surface area (Å²) in [5.74, 6) is 1.61. The summed E-state index contributed by atoms with van der Waals surface area (Å²) in [4.78, 5) is 4.12. The van der Waals surface area contributed by atoms with Gasteiger partial charge in [-0.05, 0) is 48.5 Å². The van der Waals surface area contributed by atoms with Crippen LogP contribution in [-0.4, -0.2) is 41.8 Å². The fourth-order valence-corrected chi connectivity index (χ4v) is 2.33. The highest BCUT2D eigenvalue weighted by molar-refractivity contribution is 5.59. The molecule has 27 heavy (non-hydrogen) atoms.